The van der Waals surface area contributed by atoms with Gasteiger partial charge in [0.05, 0.1) is 0 Å². The van der Waals surface area contributed by atoms with Gasteiger partial charge >= 0.3 is 5.97 Å². The zero-order valence-corrected chi connectivity index (χ0v) is 14.6. The third kappa shape index (κ3) is 3.84. The van der Waals surface area contributed by atoms with Crippen LogP contribution >= 0.6 is 11.3 Å². The van der Waals surface area contributed by atoms with Gasteiger partial charge < -0.3 is 14.6 Å². The maximum Gasteiger partial charge on any atom is 0.348 e. The van der Waals surface area contributed by atoms with Crippen LogP contribution in [0.2, 0.25) is 0 Å². The fraction of sp³-hybridized carbons (Fsp3) is 0.471. The van der Waals surface area contributed by atoms with Crippen molar-refractivity contribution in [2.24, 2.45) is 5.92 Å². The molecule has 1 amide bonds. The van der Waals surface area contributed by atoms with Crippen LogP contribution < -0.4 is 5.32 Å². The Hall–Kier alpha value is -2.15. The molecule has 7 heteroatoms. The van der Waals surface area contributed by atoms with Crippen molar-refractivity contribution in [1.29, 1.82) is 0 Å². The van der Waals surface area contributed by atoms with E-state index in [0.717, 1.165) is 19.3 Å². The fourth-order valence-electron chi connectivity index (χ4n) is 2.85. The van der Waals surface area contributed by atoms with Crippen LogP contribution in [0.15, 0.2) is 16.7 Å². The molecule has 0 radical (unpaired) electrons. The van der Waals surface area contributed by atoms with Crippen LogP contribution in [-0.4, -0.2) is 23.6 Å². The van der Waals surface area contributed by atoms with Crippen LogP contribution in [0.4, 0.5) is 5.82 Å². The lowest BCUT2D eigenvalue weighted by Crippen LogP contribution is -2.20. The molecule has 128 valence electrons. The molecule has 1 atom stereocenters. The van der Waals surface area contributed by atoms with Crippen molar-refractivity contribution in [3.8, 4) is 0 Å². The van der Waals surface area contributed by atoms with Crippen molar-refractivity contribution < 1.29 is 18.8 Å². The normalized spacial score (nSPS) is 16.5. The molecular formula is C17H20N2O4S. The highest BCUT2D eigenvalue weighted by Gasteiger charge is 2.23. The minimum absolute atomic E-state index is 0.311. The van der Waals surface area contributed by atoms with Crippen molar-refractivity contribution in [2.45, 2.75) is 39.5 Å². The van der Waals surface area contributed by atoms with E-state index in [4.69, 9.17) is 9.26 Å². The van der Waals surface area contributed by atoms with Crippen molar-refractivity contribution in [2.75, 3.05) is 11.9 Å². The minimum Gasteiger partial charge on any atom is -0.451 e. The van der Waals surface area contributed by atoms with E-state index in [1.54, 1.807) is 13.0 Å². The van der Waals surface area contributed by atoms with E-state index in [0.29, 0.717) is 22.4 Å². The van der Waals surface area contributed by atoms with Gasteiger partial charge in [-0.1, -0.05) is 18.5 Å². The molecule has 0 saturated carbocycles. The Kier molecular flexibility index (Phi) is 4.99. The van der Waals surface area contributed by atoms with Crippen LogP contribution in [0.25, 0.3) is 0 Å². The molecule has 6 nitrogen and oxygen atoms in total. The molecule has 1 aliphatic carbocycles. The molecule has 0 fully saturated rings. The Labute approximate surface area is 144 Å². The number of esters is 1. The number of rotatable bonds is 5. The lowest BCUT2D eigenvalue weighted by molar-refractivity contribution is -0.119. The predicted molar refractivity (Wildman–Crippen MR) is 90.3 cm³/mol. The number of anilines is 1. The summed E-state index contributed by atoms with van der Waals surface area (Å²) in [6.45, 7) is 3.58. The first-order chi connectivity index (χ1) is 11.5. The van der Waals surface area contributed by atoms with E-state index in [1.807, 2.05) is 6.07 Å². The van der Waals surface area contributed by atoms with Gasteiger partial charge in [0.2, 0.25) is 0 Å². The number of aryl methyl sites for hydroxylation is 2. The summed E-state index contributed by atoms with van der Waals surface area (Å²) in [7, 11) is 0. The summed E-state index contributed by atoms with van der Waals surface area (Å²) in [6, 6.07) is 3.51. The summed E-state index contributed by atoms with van der Waals surface area (Å²) in [4.78, 5) is 25.8. The maximum absolute atomic E-state index is 12.1. The fourth-order valence-corrected chi connectivity index (χ4v) is 3.96. The van der Waals surface area contributed by atoms with Crippen LogP contribution in [0, 0.1) is 12.8 Å². The maximum atomic E-state index is 12.1. The molecule has 0 aliphatic heterocycles. The standard InChI is InChI=1S/C17H20N2O4S/c1-3-11-4-5-13-12(7-11)8-14(24-13)17(21)22-9-16(20)18-15-6-10(2)23-19-15/h6,8,11H,3-5,7,9H2,1-2H3,(H,18,19,20)/t11-/m0/s1. The summed E-state index contributed by atoms with van der Waals surface area (Å²) in [5.74, 6) is 0.716. The number of hydrogen-bond acceptors (Lipinski definition) is 6. The first kappa shape index (κ1) is 16.7. The zero-order valence-electron chi connectivity index (χ0n) is 13.8. The van der Waals surface area contributed by atoms with Gasteiger partial charge in [-0.3, -0.25) is 4.79 Å². The van der Waals surface area contributed by atoms with Gasteiger partial charge in [0.25, 0.3) is 5.91 Å². The number of carbonyl (C=O) groups excluding carboxylic acids is 2. The van der Waals surface area contributed by atoms with Crippen LogP contribution in [0.5, 0.6) is 0 Å². The van der Waals surface area contributed by atoms with Crippen LogP contribution in [0.1, 0.15) is 45.6 Å². The Balaban J connectivity index is 1.54. The SMILES string of the molecule is CC[C@H]1CCc2sc(C(=O)OCC(=O)Nc3cc(C)on3)cc2C1. The Bertz CT molecular complexity index is 750. The lowest BCUT2D eigenvalue weighted by Gasteiger charge is -2.19. The van der Waals surface area contributed by atoms with Gasteiger partial charge in [-0.05, 0) is 43.7 Å². The van der Waals surface area contributed by atoms with E-state index < -0.39 is 11.9 Å². The summed E-state index contributed by atoms with van der Waals surface area (Å²) in [5, 5.41) is 6.17. The highest BCUT2D eigenvalue weighted by Crippen LogP contribution is 2.33. The summed E-state index contributed by atoms with van der Waals surface area (Å²) >= 11 is 1.48. The van der Waals surface area contributed by atoms with E-state index in [2.05, 4.69) is 17.4 Å². The zero-order chi connectivity index (χ0) is 17.1. The van der Waals surface area contributed by atoms with Gasteiger partial charge in [-0.25, -0.2) is 4.79 Å². The van der Waals surface area contributed by atoms with Gasteiger partial charge in [0.1, 0.15) is 10.6 Å². The number of nitrogens with one attached hydrogen (secondary N) is 1. The van der Waals surface area contributed by atoms with Crippen molar-refractivity contribution >= 4 is 29.0 Å². The van der Waals surface area contributed by atoms with Crippen LogP contribution in [-0.2, 0) is 22.4 Å². The molecule has 3 rings (SSSR count). The Morgan fingerprint density at radius 1 is 1.46 bits per heavy atom. The van der Waals surface area contributed by atoms with E-state index in [-0.39, 0.29) is 6.61 Å². The topological polar surface area (TPSA) is 81.4 Å². The molecular weight excluding hydrogens is 328 g/mol. The first-order valence-electron chi connectivity index (χ1n) is 8.07. The molecule has 2 aromatic rings. The van der Waals surface area contributed by atoms with E-state index in [9.17, 15) is 9.59 Å². The minimum atomic E-state index is -0.450. The number of hydrogen-bond donors (Lipinski definition) is 1. The molecule has 0 spiro atoms. The average Bonchev–Trinajstić information content (AvgIpc) is 3.17. The largest absolute Gasteiger partial charge is 0.451 e. The van der Waals surface area contributed by atoms with Crippen molar-refractivity contribution in [3.05, 3.63) is 33.2 Å². The first-order valence-corrected chi connectivity index (χ1v) is 8.88. The highest BCUT2D eigenvalue weighted by atomic mass is 32.1. The Morgan fingerprint density at radius 3 is 3.00 bits per heavy atom. The molecule has 0 aromatic carbocycles. The van der Waals surface area contributed by atoms with Crippen molar-refractivity contribution in [1.82, 2.24) is 5.16 Å². The number of carbonyl (C=O) groups is 2. The van der Waals surface area contributed by atoms with E-state index >= 15 is 0 Å². The molecule has 0 unspecified atom stereocenters. The van der Waals surface area contributed by atoms with E-state index in [1.165, 1.54) is 28.2 Å². The number of aromatic nitrogens is 1. The number of nitrogens with zero attached hydrogens (tertiary/aromatic N) is 1. The quantitative estimate of drug-likeness (QED) is 0.838. The molecule has 2 aromatic heterocycles. The third-order valence-electron chi connectivity index (χ3n) is 4.19. The number of ether oxygens (including phenoxy) is 1. The summed E-state index contributed by atoms with van der Waals surface area (Å²) in [6.07, 6.45) is 4.40. The molecule has 1 aliphatic rings. The highest BCUT2D eigenvalue weighted by molar-refractivity contribution is 7.14. The van der Waals surface area contributed by atoms with Gasteiger partial charge in [0, 0.05) is 10.9 Å². The number of thiophene rings is 1. The lowest BCUT2D eigenvalue weighted by atomic mass is 9.87. The molecule has 0 bridgehead atoms. The average molecular weight is 348 g/mol. The second-order valence-corrected chi connectivity index (χ2v) is 7.16. The monoisotopic (exact) mass is 348 g/mol. The van der Waals surface area contributed by atoms with Crippen LogP contribution in [0.3, 0.4) is 0 Å². The Morgan fingerprint density at radius 2 is 2.29 bits per heavy atom. The van der Waals surface area contributed by atoms with Crippen molar-refractivity contribution in [3.63, 3.8) is 0 Å². The number of fused-ring (bicyclic) bond motifs is 1. The number of amides is 1. The molecule has 24 heavy (non-hydrogen) atoms. The van der Waals surface area contributed by atoms with Gasteiger partial charge in [-0.2, -0.15) is 0 Å². The third-order valence-corrected chi connectivity index (χ3v) is 5.41. The molecule has 0 saturated heterocycles. The molecule has 1 N–H and O–H groups in total. The summed E-state index contributed by atoms with van der Waals surface area (Å²) < 4.78 is 9.95. The second kappa shape index (κ2) is 7.17. The predicted octanol–water partition coefficient (Wildman–Crippen LogP) is 3.35. The summed E-state index contributed by atoms with van der Waals surface area (Å²) in [5.41, 5.74) is 1.26. The van der Waals surface area contributed by atoms with Gasteiger partial charge in [0.15, 0.2) is 12.4 Å². The van der Waals surface area contributed by atoms with Gasteiger partial charge in [-0.15, -0.1) is 11.3 Å². The second-order valence-electron chi connectivity index (χ2n) is 6.02. The molecule has 2 heterocycles. The smallest absolute Gasteiger partial charge is 0.348 e.